The number of benzene rings is 2. The molecule has 0 spiro atoms. The van der Waals surface area contributed by atoms with Crippen molar-refractivity contribution in [3.63, 3.8) is 0 Å². The van der Waals surface area contributed by atoms with Crippen LogP contribution in [0.2, 0.25) is 0 Å². The number of hydrogen-bond acceptors (Lipinski definition) is 5. The maximum Gasteiger partial charge on any atom is 0.278 e. The van der Waals surface area contributed by atoms with Crippen molar-refractivity contribution in [2.45, 2.75) is 26.3 Å². The van der Waals surface area contributed by atoms with Crippen molar-refractivity contribution >= 4 is 17.4 Å². The minimum Gasteiger partial charge on any atom is -0.493 e. The number of amides is 2. The monoisotopic (exact) mass is 420 g/mol. The van der Waals surface area contributed by atoms with Gasteiger partial charge in [-0.3, -0.25) is 14.5 Å². The van der Waals surface area contributed by atoms with Crippen LogP contribution in [0.25, 0.3) is 5.57 Å². The number of hydrogen-bond donors (Lipinski definition) is 0. The third-order valence-corrected chi connectivity index (χ3v) is 6.09. The Kier molecular flexibility index (Phi) is 5.98. The maximum absolute atomic E-state index is 13.5. The molecule has 162 valence electrons. The highest BCUT2D eigenvalue weighted by Gasteiger charge is 2.42. The van der Waals surface area contributed by atoms with E-state index in [1.165, 1.54) is 4.90 Å². The largest absolute Gasteiger partial charge is 0.493 e. The summed E-state index contributed by atoms with van der Waals surface area (Å²) in [5.41, 5.74) is 2.62. The first-order valence-corrected chi connectivity index (χ1v) is 10.6. The van der Waals surface area contributed by atoms with Crippen molar-refractivity contribution in [1.29, 1.82) is 0 Å². The predicted molar refractivity (Wildman–Crippen MR) is 118 cm³/mol. The van der Waals surface area contributed by atoms with Crippen LogP contribution in [-0.2, 0) is 16.1 Å². The van der Waals surface area contributed by atoms with Crippen molar-refractivity contribution in [3.8, 4) is 11.5 Å². The van der Waals surface area contributed by atoms with Crippen LogP contribution in [0.15, 0.2) is 54.2 Å². The summed E-state index contributed by atoms with van der Waals surface area (Å²) in [6.45, 7) is 3.99. The van der Waals surface area contributed by atoms with Crippen molar-refractivity contribution in [2.24, 2.45) is 5.92 Å². The molecule has 2 amide bonds. The van der Waals surface area contributed by atoms with Crippen LogP contribution in [0.5, 0.6) is 11.5 Å². The van der Waals surface area contributed by atoms with Gasteiger partial charge in [0.25, 0.3) is 11.8 Å². The topological polar surface area (TPSA) is 59.1 Å². The van der Waals surface area contributed by atoms with Crippen molar-refractivity contribution in [1.82, 2.24) is 9.80 Å². The third-order valence-electron chi connectivity index (χ3n) is 6.09. The molecule has 1 saturated heterocycles. The minimum absolute atomic E-state index is 0.183. The molecule has 2 aliphatic rings. The standard InChI is InChI=1S/C25H28N2O4/c1-17-11-13-26(14-12-17)23-22(19-7-5-4-6-8-19)24(28)27(25(23)29)16-18-9-10-20(30-2)21(15-18)31-3/h4-10,15,17H,11-14,16H2,1-3H3. The van der Waals surface area contributed by atoms with Crippen LogP contribution in [-0.4, -0.2) is 48.9 Å². The molecule has 0 N–H and O–H groups in total. The van der Waals surface area contributed by atoms with Gasteiger partial charge in [-0.25, -0.2) is 0 Å². The summed E-state index contributed by atoms with van der Waals surface area (Å²) in [5.74, 6) is 1.33. The molecule has 0 bridgehead atoms. The number of nitrogens with zero attached hydrogens (tertiary/aromatic N) is 2. The lowest BCUT2D eigenvalue weighted by Gasteiger charge is -2.32. The quantitative estimate of drug-likeness (QED) is 0.667. The Labute approximate surface area is 183 Å². The second kappa shape index (κ2) is 8.84. The van der Waals surface area contributed by atoms with E-state index in [1.807, 2.05) is 42.5 Å². The van der Waals surface area contributed by atoms with E-state index in [9.17, 15) is 9.59 Å². The lowest BCUT2D eigenvalue weighted by molar-refractivity contribution is -0.138. The van der Waals surface area contributed by atoms with Gasteiger partial charge in [0, 0.05) is 13.1 Å². The molecule has 2 heterocycles. The summed E-state index contributed by atoms with van der Waals surface area (Å²) in [4.78, 5) is 30.4. The highest BCUT2D eigenvalue weighted by Crippen LogP contribution is 2.35. The molecular weight excluding hydrogens is 392 g/mol. The van der Waals surface area contributed by atoms with Gasteiger partial charge < -0.3 is 14.4 Å². The first-order chi connectivity index (χ1) is 15.0. The van der Waals surface area contributed by atoms with Crippen molar-refractivity contribution in [3.05, 3.63) is 65.4 Å². The molecule has 0 unspecified atom stereocenters. The van der Waals surface area contributed by atoms with Crippen LogP contribution in [0.4, 0.5) is 0 Å². The number of imide groups is 1. The van der Waals surface area contributed by atoms with Gasteiger partial charge in [-0.05, 0) is 42.0 Å². The SMILES string of the molecule is COc1ccc(CN2C(=O)C(c3ccccc3)=C(N3CCC(C)CC3)C2=O)cc1OC. The Balaban J connectivity index is 1.68. The Morgan fingerprint density at radius 1 is 0.903 bits per heavy atom. The highest BCUT2D eigenvalue weighted by molar-refractivity contribution is 6.35. The molecular formula is C25H28N2O4. The van der Waals surface area contributed by atoms with Gasteiger partial charge in [0.05, 0.1) is 26.3 Å². The number of piperidine rings is 1. The van der Waals surface area contributed by atoms with E-state index in [-0.39, 0.29) is 18.4 Å². The number of carbonyl (C=O) groups is 2. The Hall–Kier alpha value is -3.28. The third kappa shape index (κ3) is 4.02. The summed E-state index contributed by atoms with van der Waals surface area (Å²) in [7, 11) is 3.14. The van der Waals surface area contributed by atoms with E-state index in [0.717, 1.165) is 37.1 Å². The second-order valence-corrected chi connectivity index (χ2v) is 8.14. The molecule has 0 saturated carbocycles. The fourth-order valence-corrected chi connectivity index (χ4v) is 4.26. The highest BCUT2D eigenvalue weighted by atomic mass is 16.5. The zero-order valence-electron chi connectivity index (χ0n) is 18.3. The van der Waals surface area contributed by atoms with E-state index in [4.69, 9.17) is 9.47 Å². The fraction of sp³-hybridized carbons (Fsp3) is 0.360. The molecule has 4 rings (SSSR count). The number of rotatable bonds is 6. The number of likely N-dealkylation sites (tertiary alicyclic amines) is 1. The Morgan fingerprint density at radius 3 is 2.23 bits per heavy atom. The fourth-order valence-electron chi connectivity index (χ4n) is 4.26. The lowest BCUT2D eigenvalue weighted by atomic mass is 9.97. The molecule has 31 heavy (non-hydrogen) atoms. The van der Waals surface area contributed by atoms with Crippen LogP contribution < -0.4 is 9.47 Å². The van der Waals surface area contributed by atoms with Gasteiger partial charge in [0.1, 0.15) is 5.70 Å². The van der Waals surface area contributed by atoms with Crippen molar-refractivity contribution < 1.29 is 19.1 Å². The van der Waals surface area contributed by atoms with Crippen LogP contribution in [0, 0.1) is 5.92 Å². The zero-order valence-corrected chi connectivity index (χ0v) is 18.3. The summed E-state index contributed by atoms with van der Waals surface area (Å²) in [6.07, 6.45) is 2.03. The molecule has 6 nitrogen and oxygen atoms in total. The first-order valence-electron chi connectivity index (χ1n) is 10.6. The summed E-state index contributed by atoms with van der Waals surface area (Å²) < 4.78 is 10.7. The van der Waals surface area contributed by atoms with E-state index in [0.29, 0.717) is 28.7 Å². The Morgan fingerprint density at radius 2 is 1.58 bits per heavy atom. The van der Waals surface area contributed by atoms with E-state index in [2.05, 4.69) is 11.8 Å². The van der Waals surface area contributed by atoms with E-state index in [1.54, 1.807) is 20.3 Å². The molecule has 0 aromatic heterocycles. The van der Waals surface area contributed by atoms with Crippen LogP contribution >= 0.6 is 0 Å². The normalized spacial score (nSPS) is 17.5. The molecule has 6 heteroatoms. The molecule has 0 radical (unpaired) electrons. The number of carbonyl (C=O) groups excluding carboxylic acids is 2. The minimum atomic E-state index is -0.250. The molecule has 0 atom stereocenters. The summed E-state index contributed by atoms with van der Waals surface area (Å²) >= 11 is 0. The van der Waals surface area contributed by atoms with E-state index < -0.39 is 0 Å². The maximum atomic E-state index is 13.5. The molecule has 0 aliphatic carbocycles. The summed E-state index contributed by atoms with van der Waals surface area (Å²) in [6, 6.07) is 14.9. The molecule has 2 aliphatic heterocycles. The average Bonchev–Trinajstić information content (AvgIpc) is 3.04. The van der Waals surface area contributed by atoms with Gasteiger partial charge in [0.15, 0.2) is 11.5 Å². The van der Waals surface area contributed by atoms with Crippen LogP contribution in [0.1, 0.15) is 30.9 Å². The zero-order chi connectivity index (χ0) is 22.0. The van der Waals surface area contributed by atoms with Gasteiger partial charge in [-0.15, -0.1) is 0 Å². The smallest absolute Gasteiger partial charge is 0.278 e. The van der Waals surface area contributed by atoms with Gasteiger partial charge in [0.2, 0.25) is 0 Å². The van der Waals surface area contributed by atoms with Gasteiger partial charge in [-0.2, -0.15) is 0 Å². The van der Waals surface area contributed by atoms with Gasteiger partial charge in [-0.1, -0.05) is 43.3 Å². The average molecular weight is 421 g/mol. The van der Waals surface area contributed by atoms with Crippen LogP contribution in [0.3, 0.4) is 0 Å². The number of ether oxygens (including phenoxy) is 2. The van der Waals surface area contributed by atoms with Gasteiger partial charge >= 0.3 is 0 Å². The Bertz CT molecular complexity index is 1010. The second-order valence-electron chi connectivity index (χ2n) is 8.14. The first kappa shape index (κ1) is 21.0. The predicted octanol–water partition coefficient (Wildman–Crippen LogP) is 3.72. The molecule has 2 aromatic rings. The summed E-state index contributed by atoms with van der Waals surface area (Å²) in [5, 5.41) is 0. The van der Waals surface area contributed by atoms with Crippen molar-refractivity contribution in [2.75, 3.05) is 27.3 Å². The lowest BCUT2D eigenvalue weighted by Crippen LogP contribution is -2.38. The van der Waals surface area contributed by atoms with E-state index >= 15 is 0 Å². The molecule has 1 fully saturated rings. The molecule has 2 aromatic carbocycles. The number of methoxy groups -OCH3 is 2.